The minimum absolute atomic E-state index is 0.168. The molecule has 0 spiro atoms. The Hall–Kier alpha value is -3.85. The van der Waals surface area contributed by atoms with Crippen LogP contribution < -0.4 is 20.1 Å². The summed E-state index contributed by atoms with van der Waals surface area (Å²) < 4.78 is 16.0. The number of ether oxygens (including phenoxy) is 3. The molecule has 9 heteroatoms. The maximum absolute atomic E-state index is 13.3. The van der Waals surface area contributed by atoms with Gasteiger partial charge in [0, 0.05) is 44.1 Å². The van der Waals surface area contributed by atoms with E-state index in [1.54, 1.807) is 42.5 Å². The van der Waals surface area contributed by atoms with Crippen LogP contribution in [0.25, 0.3) is 5.57 Å². The number of anilines is 2. The summed E-state index contributed by atoms with van der Waals surface area (Å²) in [5.41, 5.74) is 2.14. The second-order valence-corrected chi connectivity index (χ2v) is 7.52. The zero-order valence-corrected chi connectivity index (χ0v) is 19.8. The quantitative estimate of drug-likeness (QED) is 0.386. The highest BCUT2D eigenvalue weighted by Gasteiger charge is 2.39. The lowest BCUT2D eigenvalue weighted by molar-refractivity contribution is -0.137. The molecule has 0 unspecified atom stereocenters. The topological polar surface area (TPSA) is 106 Å². The van der Waals surface area contributed by atoms with Gasteiger partial charge in [-0.2, -0.15) is 0 Å². The number of carbonyl (C=O) groups is 3. The predicted octanol–water partition coefficient (Wildman–Crippen LogP) is 3.28. The third-order valence-corrected chi connectivity index (χ3v) is 5.19. The Bertz CT molecular complexity index is 1090. The summed E-state index contributed by atoms with van der Waals surface area (Å²) in [6.45, 7) is 4.57. The highest BCUT2D eigenvalue weighted by atomic mass is 16.5. The van der Waals surface area contributed by atoms with Crippen LogP contribution in [0.5, 0.6) is 11.5 Å². The Morgan fingerprint density at radius 1 is 0.941 bits per heavy atom. The number of nitrogens with one attached hydrogen (secondary N) is 2. The molecule has 180 valence electrons. The van der Waals surface area contributed by atoms with Crippen molar-refractivity contribution in [2.24, 2.45) is 0 Å². The minimum atomic E-state index is -0.419. The van der Waals surface area contributed by atoms with Crippen molar-refractivity contribution in [1.82, 2.24) is 4.90 Å². The number of rotatable bonds is 11. The fourth-order valence-corrected chi connectivity index (χ4v) is 3.61. The van der Waals surface area contributed by atoms with Gasteiger partial charge in [0.25, 0.3) is 11.8 Å². The highest BCUT2D eigenvalue weighted by Crippen LogP contribution is 2.34. The largest absolute Gasteiger partial charge is 0.493 e. The van der Waals surface area contributed by atoms with Gasteiger partial charge >= 0.3 is 0 Å². The molecule has 2 aromatic carbocycles. The second-order valence-electron chi connectivity index (χ2n) is 7.52. The van der Waals surface area contributed by atoms with Crippen LogP contribution in [0.15, 0.2) is 48.2 Å². The van der Waals surface area contributed by atoms with Crippen LogP contribution in [-0.2, 0) is 19.1 Å². The lowest BCUT2D eigenvalue weighted by atomic mass is 10.0. The molecule has 0 saturated heterocycles. The van der Waals surface area contributed by atoms with E-state index in [0.717, 1.165) is 0 Å². The predicted molar refractivity (Wildman–Crippen MR) is 129 cm³/mol. The molecule has 2 N–H and O–H groups in total. The van der Waals surface area contributed by atoms with Crippen LogP contribution in [0.2, 0.25) is 0 Å². The number of nitrogens with zero attached hydrogens (tertiary/aromatic N) is 1. The summed E-state index contributed by atoms with van der Waals surface area (Å²) in [5.74, 6) is 0.0196. The average molecular weight is 468 g/mol. The van der Waals surface area contributed by atoms with Crippen molar-refractivity contribution < 1.29 is 28.6 Å². The van der Waals surface area contributed by atoms with Crippen LogP contribution in [0.3, 0.4) is 0 Å². The van der Waals surface area contributed by atoms with Gasteiger partial charge in [-0.1, -0.05) is 12.1 Å². The lowest BCUT2D eigenvalue weighted by Crippen LogP contribution is -2.34. The van der Waals surface area contributed by atoms with E-state index >= 15 is 0 Å². The van der Waals surface area contributed by atoms with Crippen molar-refractivity contribution in [3.63, 3.8) is 0 Å². The van der Waals surface area contributed by atoms with Gasteiger partial charge in [0.15, 0.2) is 11.5 Å². The monoisotopic (exact) mass is 467 g/mol. The minimum Gasteiger partial charge on any atom is -0.493 e. The standard InChI is InChI=1S/C25H29N3O6/c1-5-34-14-6-13-28-24(30)22(17-7-9-18(10-8-17)26-16(2)29)23(25(28)31)27-19-11-12-20(32-3)21(15-19)33-4/h7-12,15,27H,5-6,13-14H2,1-4H3,(H,26,29). The number of amides is 3. The van der Waals surface area contributed by atoms with Gasteiger partial charge in [0.05, 0.1) is 19.8 Å². The van der Waals surface area contributed by atoms with Gasteiger partial charge < -0.3 is 24.8 Å². The normalized spacial score (nSPS) is 13.4. The number of hydrogen-bond donors (Lipinski definition) is 2. The summed E-state index contributed by atoms with van der Waals surface area (Å²) >= 11 is 0. The molecule has 1 aliphatic heterocycles. The molecule has 1 heterocycles. The van der Waals surface area contributed by atoms with Crippen LogP contribution >= 0.6 is 0 Å². The van der Waals surface area contributed by atoms with Crippen LogP contribution in [0.1, 0.15) is 25.8 Å². The number of methoxy groups -OCH3 is 2. The van der Waals surface area contributed by atoms with Gasteiger partial charge in [-0.15, -0.1) is 0 Å². The van der Waals surface area contributed by atoms with E-state index in [-0.39, 0.29) is 23.7 Å². The van der Waals surface area contributed by atoms with E-state index in [0.29, 0.717) is 48.1 Å². The molecule has 0 aliphatic carbocycles. The molecular weight excluding hydrogens is 438 g/mol. The molecule has 9 nitrogen and oxygen atoms in total. The van der Waals surface area contributed by atoms with E-state index in [2.05, 4.69) is 10.6 Å². The van der Waals surface area contributed by atoms with Crippen molar-refractivity contribution in [3.05, 3.63) is 53.7 Å². The van der Waals surface area contributed by atoms with Gasteiger partial charge in [0.2, 0.25) is 5.91 Å². The number of benzene rings is 2. The average Bonchev–Trinajstić information content (AvgIpc) is 3.05. The molecule has 0 aromatic heterocycles. The third-order valence-electron chi connectivity index (χ3n) is 5.19. The van der Waals surface area contributed by atoms with Crippen LogP contribution in [0, 0.1) is 0 Å². The molecule has 3 amide bonds. The number of imide groups is 1. The third kappa shape index (κ3) is 5.55. The fraction of sp³-hybridized carbons (Fsp3) is 0.320. The second kappa shape index (κ2) is 11.3. The number of hydrogen-bond acceptors (Lipinski definition) is 7. The first-order chi connectivity index (χ1) is 16.4. The van der Waals surface area contributed by atoms with Crippen molar-refractivity contribution in [3.8, 4) is 11.5 Å². The van der Waals surface area contributed by atoms with Crippen molar-refractivity contribution in [2.75, 3.05) is 44.6 Å². The van der Waals surface area contributed by atoms with Crippen molar-refractivity contribution >= 4 is 34.7 Å². The maximum atomic E-state index is 13.3. The van der Waals surface area contributed by atoms with E-state index < -0.39 is 11.8 Å². The summed E-state index contributed by atoms with van der Waals surface area (Å²) in [4.78, 5) is 39.2. The maximum Gasteiger partial charge on any atom is 0.278 e. The smallest absolute Gasteiger partial charge is 0.278 e. The fourth-order valence-electron chi connectivity index (χ4n) is 3.61. The lowest BCUT2D eigenvalue weighted by Gasteiger charge is -2.15. The first-order valence-corrected chi connectivity index (χ1v) is 10.9. The van der Waals surface area contributed by atoms with Crippen molar-refractivity contribution in [2.45, 2.75) is 20.3 Å². The molecule has 0 bridgehead atoms. The summed E-state index contributed by atoms with van der Waals surface area (Å²) in [6, 6.07) is 11.9. The first kappa shape index (κ1) is 24.8. The Balaban J connectivity index is 1.96. The van der Waals surface area contributed by atoms with E-state index in [4.69, 9.17) is 14.2 Å². The number of carbonyl (C=O) groups excluding carboxylic acids is 3. The molecule has 0 saturated carbocycles. The Morgan fingerprint density at radius 3 is 2.24 bits per heavy atom. The van der Waals surface area contributed by atoms with E-state index in [9.17, 15) is 14.4 Å². The molecule has 34 heavy (non-hydrogen) atoms. The SMILES string of the molecule is CCOCCCN1C(=O)C(Nc2ccc(OC)c(OC)c2)=C(c2ccc(NC(C)=O)cc2)C1=O. The van der Waals surface area contributed by atoms with Crippen LogP contribution in [0.4, 0.5) is 11.4 Å². The molecule has 0 radical (unpaired) electrons. The van der Waals surface area contributed by atoms with E-state index in [1.807, 2.05) is 6.92 Å². The molecule has 2 aromatic rings. The zero-order valence-electron chi connectivity index (χ0n) is 19.8. The zero-order chi connectivity index (χ0) is 24.7. The molecule has 0 fully saturated rings. The molecule has 3 rings (SSSR count). The highest BCUT2D eigenvalue weighted by molar-refractivity contribution is 6.36. The van der Waals surface area contributed by atoms with Gasteiger partial charge in [-0.3, -0.25) is 19.3 Å². The van der Waals surface area contributed by atoms with E-state index in [1.165, 1.54) is 26.0 Å². The Labute approximate surface area is 198 Å². The molecule has 1 aliphatic rings. The summed E-state index contributed by atoms with van der Waals surface area (Å²) in [7, 11) is 3.06. The first-order valence-electron chi connectivity index (χ1n) is 10.9. The summed E-state index contributed by atoms with van der Waals surface area (Å²) in [5, 5.41) is 5.80. The molecule has 0 atom stereocenters. The summed E-state index contributed by atoms with van der Waals surface area (Å²) in [6.07, 6.45) is 0.531. The van der Waals surface area contributed by atoms with Crippen LogP contribution in [-0.4, -0.2) is 56.6 Å². The van der Waals surface area contributed by atoms with Gasteiger partial charge in [-0.05, 0) is 43.2 Å². The van der Waals surface area contributed by atoms with Gasteiger partial charge in [-0.25, -0.2) is 0 Å². The Morgan fingerprint density at radius 2 is 1.62 bits per heavy atom. The van der Waals surface area contributed by atoms with Gasteiger partial charge in [0.1, 0.15) is 5.70 Å². The molecular formula is C25H29N3O6. The van der Waals surface area contributed by atoms with Crippen molar-refractivity contribution in [1.29, 1.82) is 0 Å². The Kier molecular flexibility index (Phi) is 8.26.